The lowest BCUT2D eigenvalue weighted by atomic mass is 9.82. The van der Waals surface area contributed by atoms with E-state index in [1.54, 1.807) is 0 Å². The predicted octanol–water partition coefficient (Wildman–Crippen LogP) is 1.43. The molecule has 13 heteroatoms. The first-order valence-electron chi connectivity index (χ1n) is 11.3. The molecule has 0 bridgehead atoms. The van der Waals surface area contributed by atoms with Crippen molar-refractivity contribution >= 4 is 31.5 Å². The van der Waals surface area contributed by atoms with Gasteiger partial charge >= 0.3 is 13.8 Å². The number of aliphatic carboxylic acids is 1. The van der Waals surface area contributed by atoms with Crippen molar-refractivity contribution in [2.75, 3.05) is 6.54 Å². The van der Waals surface area contributed by atoms with E-state index in [1.807, 2.05) is 30.3 Å². The van der Waals surface area contributed by atoms with Gasteiger partial charge in [-0.25, -0.2) is 9.36 Å². The van der Waals surface area contributed by atoms with Gasteiger partial charge in [-0.05, 0) is 29.7 Å². The lowest BCUT2D eigenvalue weighted by Crippen LogP contribution is -2.68. The van der Waals surface area contributed by atoms with Crippen LogP contribution in [0.4, 0.5) is 0 Å². The zero-order valence-corrected chi connectivity index (χ0v) is 21.2. The van der Waals surface area contributed by atoms with Crippen molar-refractivity contribution in [3.05, 3.63) is 65.7 Å². The molecule has 2 unspecified atom stereocenters. The zero-order valence-electron chi connectivity index (χ0n) is 20.3. The van der Waals surface area contributed by atoms with Crippen LogP contribution in [0.1, 0.15) is 43.7 Å². The highest BCUT2D eigenvalue weighted by molar-refractivity contribution is 7.46. The van der Waals surface area contributed by atoms with Gasteiger partial charge in [0.2, 0.25) is 23.4 Å². The Bertz CT molecular complexity index is 1150. The molecule has 0 fully saturated rings. The van der Waals surface area contributed by atoms with Crippen LogP contribution in [0.2, 0.25) is 0 Å². The highest BCUT2D eigenvalue weighted by Crippen LogP contribution is 2.39. The molecule has 6 N–H and O–H groups in total. The molecule has 37 heavy (non-hydrogen) atoms. The first-order chi connectivity index (χ1) is 17.4. The van der Waals surface area contributed by atoms with Crippen LogP contribution in [-0.2, 0) is 30.2 Å². The highest BCUT2D eigenvalue weighted by atomic mass is 31.2. The van der Waals surface area contributed by atoms with Crippen molar-refractivity contribution in [1.82, 2.24) is 16.0 Å². The first kappa shape index (κ1) is 29.5. The van der Waals surface area contributed by atoms with Crippen LogP contribution in [-0.4, -0.2) is 50.8 Å². The highest BCUT2D eigenvalue weighted by Gasteiger charge is 2.49. The van der Waals surface area contributed by atoms with Gasteiger partial charge in [0.05, 0.1) is 0 Å². The Balaban J connectivity index is 2.43. The summed E-state index contributed by atoms with van der Waals surface area (Å²) in [5.41, 5.74) is -1.24. The molecule has 2 aromatic rings. The molecule has 12 nitrogen and oxygen atoms in total. The van der Waals surface area contributed by atoms with Gasteiger partial charge in [0.1, 0.15) is 5.75 Å². The number of amides is 3. The number of hydrogen-bond acceptors (Lipinski definition) is 6. The average Bonchev–Trinajstić information content (AvgIpc) is 2.82. The van der Waals surface area contributed by atoms with Crippen LogP contribution in [0.15, 0.2) is 54.6 Å². The van der Waals surface area contributed by atoms with E-state index in [9.17, 15) is 28.8 Å². The minimum atomic E-state index is -4.85. The van der Waals surface area contributed by atoms with Crippen molar-refractivity contribution in [3.63, 3.8) is 0 Å². The summed E-state index contributed by atoms with van der Waals surface area (Å²) in [5, 5.41) is 17.6. The van der Waals surface area contributed by atoms with Gasteiger partial charge in [0, 0.05) is 32.2 Å². The number of phosphoric ester groups is 1. The van der Waals surface area contributed by atoms with Crippen LogP contribution in [0, 0.1) is 0 Å². The van der Waals surface area contributed by atoms with Crippen molar-refractivity contribution in [3.8, 4) is 5.75 Å². The second-order valence-electron chi connectivity index (χ2n) is 8.19. The minimum Gasteiger partial charge on any atom is -0.478 e. The number of rotatable bonds is 13. The van der Waals surface area contributed by atoms with E-state index in [1.165, 1.54) is 31.2 Å². The Kier molecular flexibility index (Phi) is 10.4. The Morgan fingerprint density at radius 1 is 0.973 bits per heavy atom. The van der Waals surface area contributed by atoms with Gasteiger partial charge in [-0.2, -0.15) is 0 Å². The molecule has 0 spiro atoms. The number of carbonyl (C=O) groups is 4. The van der Waals surface area contributed by atoms with E-state index in [0.29, 0.717) is 6.42 Å². The third kappa shape index (κ3) is 9.02. The molecule has 0 aliphatic heterocycles. The van der Waals surface area contributed by atoms with Gasteiger partial charge in [-0.3, -0.25) is 24.2 Å². The maximum absolute atomic E-state index is 12.9. The summed E-state index contributed by atoms with van der Waals surface area (Å²) in [6.07, 6.45) is -0.0300. The first-order valence-corrected chi connectivity index (χ1v) is 12.9. The monoisotopic (exact) mass is 535 g/mol. The summed E-state index contributed by atoms with van der Waals surface area (Å²) in [6, 6.07) is 14.3. The third-order valence-electron chi connectivity index (χ3n) is 5.37. The Morgan fingerprint density at radius 2 is 1.59 bits per heavy atom. The molecular formula is C24H30N3O9P. The number of phosphoric acid groups is 1. The summed E-state index contributed by atoms with van der Waals surface area (Å²) < 4.78 is 15.7. The average molecular weight is 535 g/mol. The van der Waals surface area contributed by atoms with Crippen LogP contribution < -0.4 is 20.5 Å². The van der Waals surface area contributed by atoms with Gasteiger partial charge in [-0.15, -0.1) is 0 Å². The number of carboxylic acid groups (broad SMARTS) is 1. The maximum atomic E-state index is 12.9. The minimum absolute atomic E-state index is 0.0975. The van der Waals surface area contributed by atoms with Gasteiger partial charge in [0.15, 0.2) is 0 Å². The maximum Gasteiger partial charge on any atom is 0.524 e. The normalized spacial score (nSPS) is 13.5. The number of carboxylic acids is 1. The standard InChI is InChI=1S/C24H30N3O9P/c1-3-21(29)27-24(23(31)32,26-16(2)28)20(18-9-11-19(12-10-18)36-37(33,34)35)15-22(30)25-14-13-17-7-5-4-6-8-17/h4-12,20H,3,13-15H2,1-2H3,(H,25,30)(H,26,28)(H,27,29)(H,31,32)(H2,33,34,35). The molecule has 0 aliphatic rings. The summed E-state index contributed by atoms with van der Waals surface area (Å²) in [4.78, 5) is 67.9. The van der Waals surface area contributed by atoms with Crippen LogP contribution >= 0.6 is 7.82 Å². The SMILES string of the molecule is CCC(=O)NC(NC(C)=O)(C(=O)O)C(CC(=O)NCCc1ccccc1)c1ccc(OP(=O)(O)O)cc1. The second kappa shape index (κ2) is 13.0. The van der Waals surface area contributed by atoms with E-state index in [4.69, 9.17) is 9.79 Å². The molecule has 2 atom stereocenters. The summed E-state index contributed by atoms with van der Waals surface area (Å²) >= 11 is 0. The fourth-order valence-electron chi connectivity index (χ4n) is 3.72. The quantitative estimate of drug-likeness (QED) is 0.163. The summed E-state index contributed by atoms with van der Waals surface area (Å²) in [5.74, 6) is -5.13. The number of carbonyl (C=O) groups excluding carboxylic acids is 3. The molecule has 3 amide bonds. The zero-order chi connectivity index (χ0) is 27.6. The fraction of sp³-hybridized carbons (Fsp3) is 0.333. The number of hydrogen-bond donors (Lipinski definition) is 6. The molecule has 0 aliphatic carbocycles. The molecule has 0 heterocycles. The molecule has 0 saturated carbocycles. The van der Waals surface area contributed by atoms with Gasteiger partial charge in [-0.1, -0.05) is 49.4 Å². The Labute approximate surface area is 213 Å². The molecule has 2 aromatic carbocycles. The van der Waals surface area contributed by atoms with Gasteiger partial charge in [0.25, 0.3) is 0 Å². The van der Waals surface area contributed by atoms with E-state index >= 15 is 0 Å². The lowest BCUT2D eigenvalue weighted by molar-refractivity contribution is -0.153. The number of benzene rings is 2. The van der Waals surface area contributed by atoms with Crippen LogP contribution in [0.3, 0.4) is 0 Å². The molecule has 0 radical (unpaired) electrons. The summed E-state index contributed by atoms with van der Waals surface area (Å²) in [6.45, 7) is 2.82. The summed E-state index contributed by atoms with van der Waals surface area (Å²) in [7, 11) is -4.85. The van der Waals surface area contributed by atoms with Crippen LogP contribution in [0.25, 0.3) is 0 Å². The molecule has 2 rings (SSSR count). The Hall–Kier alpha value is -3.73. The van der Waals surface area contributed by atoms with Gasteiger partial charge < -0.3 is 25.6 Å². The number of nitrogens with one attached hydrogen (secondary N) is 3. The molecule has 200 valence electrons. The largest absolute Gasteiger partial charge is 0.524 e. The molecule has 0 aromatic heterocycles. The lowest BCUT2D eigenvalue weighted by Gasteiger charge is -2.38. The van der Waals surface area contributed by atoms with Crippen molar-refractivity contribution in [2.24, 2.45) is 0 Å². The van der Waals surface area contributed by atoms with Crippen LogP contribution in [0.5, 0.6) is 5.75 Å². The van der Waals surface area contributed by atoms with E-state index in [-0.39, 0.29) is 24.3 Å². The fourth-order valence-corrected chi connectivity index (χ4v) is 4.11. The third-order valence-corrected chi connectivity index (χ3v) is 5.81. The van der Waals surface area contributed by atoms with E-state index in [0.717, 1.165) is 12.5 Å². The van der Waals surface area contributed by atoms with Crippen molar-refractivity contribution in [1.29, 1.82) is 0 Å². The van der Waals surface area contributed by atoms with Crippen molar-refractivity contribution < 1.29 is 43.2 Å². The second-order valence-corrected chi connectivity index (χ2v) is 9.35. The van der Waals surface area contributed by atoms with Crippen molar-refractivity contribution in [2.45, 2.75) is 44.7 Å². The predicted molar refractivity (Wildman–Crippen MR) is 132 cm³/mol. The van der Waals surface area contributed by atoms with E-state index < -0.39 is 49.5 Å². The Morgan fingerprint density at radius 3 is 2.11 bits per heavy atom. The molecule has 0 saturated heterocycles. The topological polar surface area (TPSA) is 191 Å². The molecular weight excluding hydrogens is 505 g/mol. The smallest absolute Gasteiger partial charge is 0.478 e. The van der Waals surface area contributed by atoms with E-state index in [2.05, 4.69) is 20.5 Å².